The van der Waals surface area contributed by atoms with Gasteiger partial charge in [0.1, 0.15) is 5.60 Å². The molecule has 1 amide bonds. The molecular formula is C15H23N3O2S. The topological polar surface area (TPSA) is 64.1 Å². The molecule has 1 saturated carbocycles. The van der Waals surface area contributed by atoms with Gasteiger partial charge in [-0.05, 0) is 52.5 Å². The van der Waals surface area contributed by atoms with E-state index in [9.17, 15) is 4.79 Å². The summed E-state index contributed by atoms with van der Waals surface area (Å²) in [5, 5.41) is 4.32. The van der Waals surface area contributed by atoms with Crippen molar-refractivity contribution < 1.29 is 9.53 Å². The minimum absolute atomic E-state index is 0.216. The number of amides is 1. The fraction of sp³-hybridized carbons (Fsp3) is 0.667. The number of nitrogens with zero attached hydrogens (tertiary/aromatic N) is 2. The molecule has 0 aliphatic heterocycles. The molecule has 116 valence electrons. The van der Waals surface area contributed by atoms with Gasteiger partial charge in [0.05, 0.1) is 0 Å². The zero-order chi connectivity index (χ0) is 15.3. The van der Waals surface area contributed by atoms with Gasteiger partial charge in [0.25, 0.3) is 0 Å². The number of alkyl carbamates (subject to hydrolysis) is 1. The van der Waals surface area contributed by atoms with E-state index in [1.807, 2.05) is 26.8 Å². The minimum atomic E-state index is -0.443. The Kier molecular flexibility index (Phi) is 5.45. The van der Waals surface area contributed by atoms with Crippen LogP contribution in [0.2, 0.25) is 0 Å². The maximum Gasteiger partial charge on any atom is 0.407 e. The fourth-order valence-electron chi connectivity index (χ4n) is 2.29. The van der Waals surface area contributed by atoms with Crippen LogP contribution >= 0.6 is 11.8 Å². The van der Waals surface area contributed by atoms with Crippen molar-refractivity contribution in [3.8, 4) is 0 Å². The van der Waals surface area contributed by atoms with Crippen molar-refractivity contribution in [2.75, 3.05) is 0 Å². The lowest BCUT2D eigenvalue weighted by Gasteiger charge is -2.29. The van der Waals surface area contributed by atoms with E-state index in [1.54, 1.807) is 24.2 Å². The summed E-state index contributed by atoms with van der Waals surface area (Å²) in [6.07, 6.45) is 7.29. The summed E-state index contributed by atoms with van der Waals surface area (Å²) in [6.45, 7) is 5.62. The van der Waals surface area contributed by atoms with Crippen LogP contribution in [0.25, 0.3) is 0 Å². The monoisotopic (exact) mass is 309 g/mol. The molecule has 1 aromatic rings. The zero-order valence-electron chi connectivity index (χ0n) is 12.8. The molecule has 0 aromatic carbocycles. The van der Waals surface area contributed by atoms with Gasteiger partial charge in [-0.3, -0.25) is 0 Å². The molecular weight excluding hydrogens is 286 g/mol. The van der Waals surface area contributed by atoms with Crippen LogP contribution in [0.5, 0.6) is 0 Å². The quantitative estimate of drug-likeness (QED) is 0.867. The Hall–Kier alpha value is -1.30. The first-order valence-electron chi connectivity index (χ1n) is 7.35. The van der Waals surface area contributed by atoms with Gasteiger partial charge in [0, 0.05) is 23.7 Å². The largest absolute Gasteiger partial charge is 0.444 e. The van der Waals surface area contributed by atoms with Gasteiger partial charge in [-0.15, -0.1) is 0 Å². The molecule has 0 atom stereocenters. The number of hydrogen-bond acceptors (Lipinski definition) is 5. The van der Waals surface area contributed by atoms with E-state index in [-0.39, 0.29) is 12.1 Å². The van der Waals surface area contributed by atoms with Crippen LogP contribution in [0, 0.1) is 0 Å². The first kappa shape index (κ1) is 16.1. The van der Waals surface area contributed by atoms with Crippen molar-refractivity contribution in [3.05, 3.63) is 18.5 Å². The summed E-state index contributed by atoms with van der Waals surface area (Å²) in [7, 11) is 0. The SMILES string of the molecule is CC(C)(C)OC(=O)NC1CCC(Sc2ncccn2)CC1. The lowest BCUT2D eigenvalue weighted by atomic mass is 9.95. The second kappa shape index (κ2) is 7.11. The van der Waals surface area contributed by atoms with E-state index in [1.165, 1.54) is 0 Å². The predicted octanol–water partition coefficient (Wildman–Crippen LogP) is 3.40. The molecule has 1 N–H and O–H groups in total. The molecule has 1 aliphatic rings. The third kappa shape index (κ3) is 5.91. The smallest absolute Gasteiger partial charge is 0.407 e. The van der Waals surface area contributed by atoms with Gasteiger partial charge < -0.3 is 10.1 Å². The lowest BCUT2D eigenvalue weighted by molar-refractivity contribution is 0.0493. The summed E-state index contributed by atoms with van der Waals surface area (Å²) in [6, 6.07) is 2.04. The molecule has 0 saturated heterocycles. The van der Waals surface area contributed by atoms with Crippen LogP contribution in [0.4, 0.5) is 4.79 Å². The Labute approximate surface area is 130 Å². The first-order valence-corrected chi connectivity index (χ1v) is 8.23. The van der Waals surface area contributed by atoms with Crippen molar-refractivity contribution in [1.82, 2.24) is 15.3 Å². The molecule has 0 bridgehead atoms. The highest BCUT2D eigenvalue weighted by Gasteiger charge is 2.25. The average molecular weight is 309 g/mol. The molecule has 1 aromatic heterocycles. The van der Waals surface area contributed by atoms with Crippen molar-refractivity contribution in [3.63, 3.8) is 0 Å². The molecule has 0 radical (unpaired) electrons. The van der Waals surface area contributed by atoms with E-state index < -0.39 is 5.60 Å². The molecule has 6 heteroatoms. The molecule has 1 fully saturated rings. The van der Waals surface area contributed by atoms with E-state index >= 15 is 0 Å². The number of carbonyl (C=O) groups excluding carboxylic acids is 1. The van der Waals surface area contributed by atoms with Crippen LogP contribution < -0.4 is 5.32 Å². The molecule has 21 heavy (non-hydrogen) atoms. The van der Waals surface area contributed by atoms with Crippen LogP contribution in [0.15, 0.2) is 23.6 Å². The summed E-state index contributed by atoms with van der Waals surface area (Å²) in [4.78, 5) is 20.2. The summed E-state index contributed by atoms with van der Waals surface area (Å²) in [5.41, 5.74) is -0.443. The molecule has 5 nitrogen and oxygen atoms in total. The lowest BCUT2D eigenvalue weighted by Crippen LogP contribution is -2.41. The van der Waals surface area contributed by atoms with Crippen molar-refractivity contribution in [2.45, 2.75) is 68.5 Å². The highest BCUT2D eigenvalue weighted by Crippen LogP contribution is 2.31. The molecule has 0 spiro atoms. The van der Waals surface area contributed by atoms with Crippen LogP contribution in [-0.2, 0) is 4.74 Å². The molecule has 2 rings (SSSR count). The number of hydrogen-bond donors (Lipinski definition) is 1. The Balaban J connectivity index is 1.72. The van der Waals surface area contributed by atoms with Gasteiger partial charge in [0.2, 0.25) is 0 Å². The zero-order valence-corrected chi connectivity index (χ0v) is 13.7. The Morgan fingerprint density at radius 3 is 2.43 bits per heavy atom. The van der Waals surface area contributed by atoms with Crippen molar-refractivity contribution in [2.24, 2.45) is 0 Å². The highest BCUT2D eigenvalue weighted by molar-refractivity contribution is 7.99. The third-order valence-corrected chi connectivity index (χ3v) is 4.44. The van der Waals surface area contributed by atoms with E-state index in [0.29, 0.717) is 5.25 Å². The van der Waals surface area contributed by atoms with E-state index in [2.05, 4.69) is 15.3 Å². The second-order valence-corrected chi connectivity index (χ2v) is 7.54. The normalized spacial score (nSPS) is 22.6. The standard InChI is InChI=1S/C15H23N3O2S/c1-15(2,3)20-14(19)18-11-5-7-12(8-6-11)21-13-16-9-4-10-17-13/h4,9-12H,5-8H2,1-3H3,(H,18,19). The Morgan fingerprint density at radius 1 is 1.24 bits per heavy atom. The number of ether oxygens (including phenoxy) is 1. The second-order valence-electron chi connectivity index (χ2n) is 6.27. The summed E-state index contributed by atoms with van der Waals surface area (Å²) >= 11 is 1.73. The predicted molar refractivity (Wildman–Crippen MR) is 83.3 cm³/mol. The highest BCUT2D eigenvalue weighted by atomic mass is 32.2. The molecule has 1 aliphatic carbocycles. The van der Waals surface area contributed by atoms with Gasteiger partial charge in [0.15, 0.2) is 5.16 Å². The number of carbonyl (C=O) groups is 1. The van der Waals surface area contributed by atoms with E-state index in [4.69, 9.17) is 4.74 Å². The van der Waals surface area contributed by atoms with Crippen molar-refractivity contribution >= 4 is 17.9 Å². The van der Waals surface area contributed by atoms with Crippen LogP contribution in [-0.4, -0.2) is 33.0 Å². The number of nitrogens with one attached hydrogen (secondary N) is 1. The average Bonchev–Trinajstić information content (AvgIpc) is 2.40. The number of rotatable bonds is 3. The van der Waals surface area contributed by atoms with Gasteiger partial charge in [-0.2, -0.15) is 0 Å². The summed E-state index contributed by atoms with van der Waals surface area (Å²) in [5.74, 6) is 0. The molecule has 1 heterocycles. The number of aromatic nitrogens is 2. The van der Waals surface area contributed by atoms with Crippen LogP contribution in [0.1, 0.15) is 46.5 Å². The summed E-state index contributed by atoms with van der Waals surface area (Å²) < 4.78 is 5.29. The van der Waals surface area contributed by atoms with Gasteiger partial charge >= 0.3 is 6.09 Å². The maximum atomic E-state index is 11.7. The van der Waals surface area contributed by atoms with Crippen LogP contribution in [0.3, 0.4) is 0 Å². The molecule has 0 unspecified atom stereocenters. The Bertz CT molecular complexity index is 454. The van der Waals surface area contributed by atoms with Crippen molar-refractivity contribution in [1.29, 1.82) is 0 Å². The van der Waals surface area contributed by atoms with E-state index in [0.717, 1.165) is 30.8 Å². The maximum absolute atomic E-state index is 11.7. The first-order chi connectivity index (χ1) is 9.92. The third-order valence-electron chi connectivity index (χ3n) is 3.21. The fourth-order valence-corrected chi connectivity index (χ4v) is 3.34. The minimum Gasteiger partial charge on any atom is -0.444 e. The Morgan fingerprint density at radius 2 is 1.86 bits per heavy atom. The number of thioether (sulfide) groups is 1. The van der Waals surface area contributed by atoms with Gasteiger partial charge in [-0.25, -0.2) is 14.8 Å². The van der Waals surface area contributed by atoms with Gasteiger partial charge in [-0.1, -0.05) is 11.8 Å².